The van der Waals surface area contributed by atoms with E-state index in [1.54, 1.807) is 24.3 Å². The first-order valence-electron chi connectivity index (χ1n) is 9.76. The van der Waals surface area contributed by atoms with Crippen LogP contribution in [-0.4, -0.2) is 54.5 Å². The van der Waals surface area contributed by atoms with E-state index in [-0.39, 0.29) is 54.9 Å². The predicted molar refractivity (Wildman–Crippen MR) is 101 cm³/mol. The lowest BCUT2D eigenvalue weighted by molar-refractivity contribution is -0.357. The van der Waals surface area contributed by atoms with E-state index in [4.69, 9.17) is 16.3 Å². The van der Waals surface area contributed by atoms with Gasteiger partial charge in [0.15, 0.2) is 5.78 Å². The van der Waals surface area contributed by atoms with E-state index in [0.29, 0.717) is 10.6 Å². The number of hydrogen-bond donors (Lipinski definition) is 2. The Labute approximate surface area is 176 Å². The van der Waals surface area contributed by atoms with Crippen molar-refractivity contribution in [3.05, 3.63) is 34.9 Å². The second kappa shape index (κ2) is 7.78. The third-order valence-electron chi connectivity index (χ3n) is 6.03. The minimum Gasteiger partial charge on any atom is -0.368 e. The summed E-state index contributed by atoms with van der Waals surface area (Å²) in [5, 5.41) is 6.82. The summed E-state index contributed by atoms with van der Waals surface area (Å²) < 4.78 is 45.5. The molecule has 4 aliphatic carbocycles. The van der Waals surface area contributed by atoms with Crippen LogP contribution < -0.4 is 10.6 Å². The van der Waals surface area contributed by atoms with Crippen LogP contribution in [0, 0.1) is 0 Å². The lowest BCUT2D eigenvalue weighted by Gasteiger charge is -2.70. The van der Waals surface area contributed by atoms with E-state index in [1.807, 2.05) is 0 Å². The first-order valence-corrected chi connectivity index (χ1v) is 10.1. The van der Waals surface area contributed by atoms with Crippen LogP contribution in [0.2, 0.25) is 5.02 Å². The van der Waals surface area contributed by atoms with E-state index >= 15 is 0 Å². The highest BCUT2D eigenvalue weighted by atomic mass is 35.5. The van der Waals surface area contributed by atoms with Crippen LogP contribution in [0.1, 0.15) is 42.5 Å². The Kier molecular flexibility index (Phi) is 5.59. The Morgan fingerprint density at radius 1 is 1.07 bits per heavy atom. The summed E-state index contributed by atoms with van der Waals surface area (Å²) in [6.07, 6.45) is -3.43. The number of carbonyl (C=O) groups is 2. The highest BCUT2D eigenvalue weighted by Gasteiger charge is 2.68. The minimum absolute atomic E-state index is 0.0174. The lowest BCUT2D eigenvalue weighted by Crippen LogP contribution is -2.83. The van der Waals surface area contributed by atoms with Gasteiger partial charge in [0.2, 0.25) is 5.91 Å². The van der Waals surface area contributed by atoms with Crippen molar-refractivity contribution < 1.29 is 32.2 Å². The van der Waals surface area contributed by atoms with Crippen molar-refractivity contribution in [3.8, 4) is 0 Å². The van der Waals surface area contributed by atoms with Crippen molar-refractivity contribution in [3.63, 3.8) is 0 Å². The molecule has 0 radical (unpaired) electrons. The van der Waals surface area contributed by atoms with Gasteiger partial charge in [-0.2, -0.15) is 0 Å². The number of nitrogens with one attached hydrogen (secondary N) is 2. The number of Topliss-reactive ketones (excluding diaryl/α,β-unsaturated/α-hetero) is 1. The first-order chi connectivity index (χ1) is 14.1. The molecule has 0 atom stereocenters. The standard InChI is InChI=1S/C20H22ClF3N2O4/c21-13-3-1-12(2-4-13)16(27)7-25-18-9-19(10-18,11-18)26-17(28)8-29-14-5-15(6-14)30-20(22,23)24/h1-4,14-15,25H,5-11H2,(H,26,28). The summed E-state index contributed by atoms with van der Waals surface area (Å²) in [6, 6.07) is 6.73. The van der Waals surface area contributed by atoms with Crippen LogP contribution in [0.4, 0.5) is 13.2 Å². The molecule has 0 aromatic heterocycles. The van der Waals surface area contributed by atoms with E-state index in [1.165, 1.54) is 0 Å². The molecule has 5 rings (SSSR count). The van der Waals surface area contributed by atoms with Gasteiger partial charge in [-0.25, -0.2) is 0 Å². The number of alkyl halides is 3. The Hall–Kier alpha value is -1.68. The number of hydrogen-bond acceptors (Lipinski definition) is 5. The summed E-state index contributed by atoms with van der Waals surface area (Å²) in [7, 11) is 0. The summed E-state index contributed by atoms with van der Waals surface area (Å²) in [6.45, 7) is 0.0399. The molecule has 0 saturated heterocycles. The largest absolute Gasteiger partial charge is 0.522 e. The molecule has 164 valence electrons. The fourth-order valence-corrected chi connectivity index (χ4v) is 4.70. The number of ether oxygens (including phenoxy) is 2. The monoisotopic (exact) mass is 446 g/mol. The van der Waals surface area contributed by atoms with Gasteiger partial charge in [0.1, 0.15) is 6.61 Å². The van der Waals surface area contributed by atoms with Gasteiger partial charge in [-0.15, -0.1) is 13.2 Å². The average molecular weight is 447 g/mol. The van der Waals surface area contributed by atoms with E-state index in [2.05, 4.69) is 15.4 Å². The van der Waals surface area contributed by atoms with Gasteiger partial charge in [0.25, 0.3) is 0 Å². The zero-order chi connectivity index (χ0) is 21.6. The normalized spacial score (nSPS) is 31.9. The zero-order valence-corrected chi connectivity index (χ0v) is 16.8. The molecule has 4 saturated carbocycles. The van der Waals surface area contributed by atoms with Crippen LogP contribution in [0.25, 0.3) is 0 Å². The summed E-state index contributed by atoms with van der Waals surface area (Å²) in [5.41, 5.74) is 0.211. The van der Waals surface area contributed by atoms with Gasteiger partial charge >= 0.3 is 6.36 Å². The molecule has 0 aliphatic heterocycles. The number of halogens is 4. The van der Waals surface area contributed by atoms with Crippen molar-refractivity contribution in [2.75, 3.05) is 13.2 Å². The Balaban J connectivity index is 1.11. The topological polar surface area (TPSA) is 76.7 Å². The molecule has 0 unspecified atom stereocenters. The van der Waals surface area contributed by atoms with E-state index in [0.717, 1.165) is 19.3 Å². The second-order valence-electron chi connectivity index (χ2n) is 8.51. The molecule has 0 heterocycles. The van der Waals surface area contributed by atoms with E-state index < -0.39 is 12.5 Å². The zero-order valence-electron chi connectivity index (χ0n) is 16.1. The lowest BCUT2D eigenvalue weighted by atomic mass is 9.44. The molecule has 0 spiro atoms. The molecule has 2 N–H and O–H groups in total. The molecule has 1 aromatic carbocycles. The van der Waals surface area contributed by atoms with Gasteiger partial charge in [0, 0.05) is 34.5 Å². The number of amides is 1. The number of carbonyl (C=O) groups excluding carboxylic acids is 2. The van der Waals surface area contributed by atoms with Crippen molar-refractivity contribution in [2.24, 2.45) is 0 Å². The third-order valence-corrected chi connectivity index (χ3v) is 6.28. The predicted octanol–water partition coefficient (Wildman–Crippen LogP) is 2.99. The summed E-state index contributed by atoms with van der Waals surface area (Å²) >= 11 is 5.82. The molecular weight excluding hydrogens is 425 g/mol. The molecule has 10 heteroatoms. The van der Waals surface area contributed by atoms with Gasteiger partial charge < -0.3 is 15.4 Å². The van der Waals surface area contributed by atoms with E-state index in [9.17, 15) is 22.8 Å². The number of ketones is 1. The fourth-order valence-electron chi connectivity index (χ4n) is 4.58. The second-order valence-corrected chi connectivity index (χ2v) is 8.95. The SMILES string of the molecule is O=C(COC1CC(OC(F)(F)F)C1)NC12CC(NCC(=O)c3ccc(Cl)cc3)(C1)C2. The number of rotatable bonds is 9. The molecular formula is C20H22ClF3N2O4. The van der Waals surface area contributed by atoms with Crippen LogP contribution in [0.15, 0.2) is 24.3 Å². The highest BCUT2D eigenvalue weighted by Crippen LogP contribution is 2.60. The van der Waals surface area contributed by atoms with Crippen LogP contribution in [0.3, 0.4) is 0 Å². The Morgan fingerprint density at radius 3 is 2.30 bits per heavy atom. The quantitative estimate of drug-likeness (QED) is 0.570. The molecule has 4 aliphatic rings. The van der Waals surface area contributed by atoms with Crippen LogP contribution in [0.5, 0.6) is 0 Å². The Bertz CT molecular complexity index is 805. The molecule has 4 fully saturated rings. The summed E-state index contributed by atoms with van der Waals surface area (Å²) in [4.78, 5) is 24.3. The molecule has 1 aromatic rings. The molecule has 6 nitrogen and oxygen atoms in total. The highest BCUT2D eigenvalue weighted by molar-refractivity contribution is 6.30. The smallest absolute Gasteiger partial charge is 0.368 e. The van der Waals surface area contributed by atoms with Crippen molar-refractivity contribution in [1.29, 1.82) is 0 Å². The maximum absolute atomic E-state index is 12.2. The maximum atomic E-state index is 12.2. The third kappa shape index (κ3) is 4.80. The van der Waals surface area contributed by atoms with Gasteiger partial charge in [-0.05, 0) is 43.5 Å². The van der Waals surface area contributed by atoms with Crippen molar-refractivity contribution >= 4 is 23.3 Å². The van der Waals surface area contributed by atoms with Gasteiger partial charge in [-0.1, -0.05) is 11.6 Å². The summed E-state index contributed by atoms with van der Waals surface area (Å²) in [5.74, 6) is -0.295. The van der Waals surface area contributed by atoms with Gasteiger partial charge in [0.05, 0.1) is 18.8 Å². The van der Waals surface area contributed by atoms with Crippen LogP contribution in [-0.2, 0) is 14.3 Å². The number of benzene rings is 1. The van der Waals surface area contributed by atoms with Gasteiger partial charge in [-0.3, -0.25) is 14.3 Å². The fraction of sp³-hybridized carbons (Fsp3) is 0.600. The van der Waals surface area contributed by atoms with Crippen molar-refractivity contribution in [1.82, 2.24) is 10.6 Å². The molecule has 30 heavy (non-hydrogen) atoms. The first kappa shape index (κ1) is 21.5. The minimum atomic E-state index is -4.64. The molecule has 2 bridgehead atoms. The average Bonchev–Trinajstić information content (AvgIpc) is 2.57. The molecule has 1 amide bonds. The Morgan fingerprint density at radius 2 is 1.70 bits per heavy atom. The van der Waals surface area contributed by atoms with Crippen molar-refractivity contribution in [2.45, 2.75) is 61.8 Å². The maximum Gasteiger partial charge on any atom is 0.522 e. The van der Waals surface area contributed by atoms with Crippen LogP contribution >= 0.6 is 11.6 Å².